The maximum atomic E-state index is 6.08. The molecule has 0 bridgehead atoms. The predicted octanol–water partition coefficient (Wildman–Crippen LogP) is 3.54. The average molecular weight is 324 g/mol. The molecule has 0 unspecified atom stereocenters. The van der Waals surface area contributed by atoms with Crippen LogP contribution in [0.15, 0.2) is 35.3 Å². The topological polar surface area (TPSA) is 43.6 Å². The number of rotatable bonds is 1. The second kappa shape index (κ2) is 4.33. The summed E-state index contributed by atoms with van der Waals surface area (Å²) in [6.07, 6.45) is 3.13. The lowest BCUT2D eigenvalue weighted by Gasteiger charge is -2.09. The molecule has 0 radical (unpaired) electrons. The lowest BCUT2D eigenvalue weighted by molar-refractivity contribution is 0.884. The number of hydrogen-bond donors (Lipinski definition) is 0. The van der Waals surface area contributed by atoms with Crippen molar-refractivity contribution in [2.45, 2.75) is 6.92 Å². The maximum Gasteiger partial charge on any atom is 0.138 e. The van der Waals surface area contributed by atoms with E-state index in [0.717, 1.165) is 26.6 Å². The van der Waals surface area contributed by atoms with Crippen LogP contribution in [-0.4, -0.2) is 19.7 Å². The van der Waals surface area contributed by atoms with Crippen LogP contribution in [-0.2, 0) is 0 Å². The molecule has 0 saturated heterocycles. The van der Waals surface area contributed by atoms with Crippen molar-refractivity contribution < 1.29 is 0 Å². The van der Waals surface area contributed by atoms with E-state index in [0.29, 0.717) is 5.15 Å². The minimum atomic E-state index is 0.439. The Bertz CT molecular complexity index is 725. The molecule has 0 aliphatic heterocycles. The first-order valence-electron chi connectivity index (χ1n) is 5.27. The Hall–Kier alpha value is -1.46. The molecule has 0 amide bonds. The third-order valence-corrected chi connectivity index (χ3v) is 3.83. The molecule has 4 nitrogen and oxygen atoms in total. The fourth-order valence-electron chi connectivity index (χ4n) is 1.88. The van der Waals surface area contributed by atoms with Crippen LogP contribution in [0.3, 0.4) is 0 Å². The van der Waals surface area contributed by atoms with Crippen molar-refractivity contribution in [1.82, 2.24) is 19.7 Å². The van der Waals surface area contributed by atoms with E-state index in [9.17, 15) is 0 Å². The predicted molar refractivity (Wildman–Crippen MR) is 74.1 cm³/mol. The van der Waals surface area contributed by atoms with Gasteiger partial charge in [0.25, 0.3) is 0 Å². The van der Waals surface area contributed by atoms with Crippen LogP contribution in [0.4, 0.5) is 0 Å². The summed E-state index contributed by atoms with van der Waals surface area (Å²) in [5.74, 6) is 0. The molecule has 90 valence electrons. The Kier molecular flexibility index (Phi) is 2.80. The number of aromatic nitrogens is 4. The van der Waals surface area contributed by atoms with Gasteiger partial charge in [-0.05, 0) is 24.6 Å². The molecular formula is C12H8BrClN4. The van der Waals surface area contributed by atoms with E-state index in [1.165, 1.54) is 6.33 Å². The SMILES string of the molecule is Cc1c(Br)ccc2c(-n3cncn3)cc(Cl)nc12. The molecule has 2 aromatic heterocycles. The Balaban J connectivity index is 2.43. The summed E-state index contributed by atoms with van der Waals surface area (Å²) in [7, 11) is 0. The van der Waals surface area contributed by atoms with Crippen molar-refractivity contribution >= 4 is 38.4 Å². The first kappa shape index (κ1) is 11.6. The fourth-order valence-corrected chi connectivity index (χ4v) is 2.39. The number of benzene rings is 1. The number of nitrogens with zero attached hydrogens (tertiary/aromatic N) is 4. The highest BCUT2D eigenvalue weighted by Crippen LogP contribution is 2.29. The molecule has 0 fully saturated rings. The van der Waals surface area contributed by atoms with E-state index in [2.05, 4.69) is 31.0 Å². The molecule has 18 heavy (non-hydrogen) atoms. The maximum absolute atomic E-state index is 6.08. The van der Waals surface area contributed by atoms with Crippen molar-refractivity contribution in [3.05, 3.63) is 46.0 Å². The van der Waals surface area contributed by atoms with Crippen LogP contribution in [0.25, 0.3) is 16.6 Å². The molecular weight excluding hydrogens is 316 g/mol. The van der Waals surface area contributed by atoms with E-state index in [-0.39, 0.29) is 0 Å². The lowest BCUT2D eigenvalue weighted by Crippen LogP contribution is -1.98. The van der Waals surface area contributed by atoms with Gasteiger partial charge in [0.15, 0.2) is 0 Å². The second-order valence-electron chi connectivity index (χ2n) is 3.87. The van der Waals surface area contributed by atoms with Gasteiger partial charge in [0.05, 0.1) is 11.2 Å². The molecule has 0 spiro atoms. The molecule has 2 heterocycles. The summed E-state index contributed by atoms with van der Waals surface area (Å²) in [5.41, 5.74) is 2.79. The summed E-state index contributed by atoms with van der Waals surface area (Å²) in [4.78, 5) is 8.33. The van der Waals surface area contributed by atoms with E-state index >= 15 is 0 Å². The van der Waals surface area contributed by atoms with Crippen LogP contribution < -0.4 is 0 Å². The number of pyridine rings is 1. The monoisotopic (exact) mass is 322 g/mol. The summed E-state index contributed by atoms with van der Waals surface area (Å²) >= 11 is 9.57. The zero-order valence-corrected chi connectivity index (χ0v) is 11.8. The molecule has 6 heteroatoms. The minimum absolute atomic E-state index is 0.439. The van der Waals surface area contributed by atoms with E-state index < -0.39 is 0 Å². The Labute approximate surface area is 117 Å². The van der Waals surface area contributed by atoms with E-state index in [1.54, 1.807) is 17.1 Å². The normalized spacial score (nSPS) is 11.1. The van der Waals surface area contributed by atoms with Crippen molar-refractivity contribution in [3.63, 3.8) is 0 Å². The van der Waals surface area contributed by atoms with Crippen LogP contribution in [0.5, 0.6) is 0 Å². The van der Waals surface area contributed by atoms with Gasteiger partial charge in [-0.15, -0.1) is 0 Å². The average Bonchev–Trinajstić information content (AvgIpc) is 2.87. The van der Waals surface area contributed by atoms with Gasteiger partial charge in [0.2, 0.25) is 0 Å². The first-order chi connectivity index (χ1) is 8.66. The number of aryl methyl sites for hydroxylation is 1. The van der Waals surface area contributed by atoms with Crippen molar-refractivity contribution in [2.75, 3.05) is 0 Å². The molecule has 0 N–H and O–H groups in total. The molecule has 0 aliphatic rings. The standard InChI is InChI=1S/C12H8BrClN4/c1-7-9(13)3-2-8-10(18-6-15-5-16-18)4-11(14)17-12(7)8/h2-6H,1H3. The molecule has 0 atom stereocenters. The van der Waals surface area contributed by atoms with Gasteiger partial charge in [-0.3, -0.25) is 0 Å². The second-order valence-corrected chi connectivity index (χ2v) is 5.11. The van der Waals surface area contributed by atoms with Gasteiger partial charge >= 0.3 is 0 Å². The van der Waals surface area contributed by atoms with Crippen LogP contribution >= 0.6 is 27.5 Å². The van der Waals surface area contributed by atoms with Crippen molar-refractivity contribution in [3.8, 4) is 5.69 Å². The largest absolute Gasteiger partial charge is 0.236 e. The zero-order chi connectivity index (χ0) is 12.7. The van der Waals surface area contributed by atoms with Crippen molar-refractivity contribution in [1.29, 1.82) is 0 Å². The number of fused-ring (bicyclic) bond motifs is 1. The molecule has 1 aromatic carbocycles. The Morgan fingerprint density at radius 2 is 2.17 bits per heavy atom. The summed E-state index contributed by atoms with van der Waals surface area (Å²) in [6, 6.07) is 5.77. The molecule has 3 rings (SSSR count). The van der Waals surface area contributed by atoms with Crippen molar-refractivity contribution in [2.24, 2.45) is 0 Å². The third kappa shape index (κ3) is 1.79. The number of hydrogen-bond acceptors (Lipinski definition) is 3. The Morgan fingerprint density at radius 1 is 1.33 bits per heavy atom. The highest BCUT2D eigenvalue weighted by molar-refractivity contribution is 9.10. The third-order valence-electron chi connectivity index (χ3n) is 2.78. The smallest absolute Gasteiger partial charge is 0.138 e. The van der Waals surface area contributed by atoms with Crippen LogP contribution in [0.2, 0.25) is 5.15 Å². The van der Waals surface area contributed by atoms with E-state index in [4.69, 9.17) is 11.6 Å². The van der Waals surface area contributed by atoms with Gasteiger partial charge < -0.3 is 0 Å². The summed E-state index contributed by atoms with van der Waals surface area (Å²) < 4.78 is 2.69. The minimum Gasteiger partial charge on any atom is -0.236 e. The molecule has 3 aromatic rings. The summed E-state index contributed by atoms with van der Waals surface area (Å²) in [5, 5.41) is 5.57. The van der Waals surface area contributed by atoms with Gasteiger partial charge in [0.1, 0.15) is 17.8 Å². The van der Waals surface area contributed by atoms with Gasteiger partial charge in [-0.2, -0.15) is 5.10 Å². The first-order valence-corrected chi connectivity index (χ1v) is 6.44. The molecule has 0 aliphatic carbocycles. The highest BCUT2D eigenvalue weighted by Gasteiger charge is 2.10. The lowest BCUT2D eigenvalue weighted by atomic mass is 10.1. The fraction of sp³-hybridized carbons (Fsp3) is 0.0833. The quantitative estimate of drug-likeness (QED) is 0.643. The number of halogens is 2. The Morgan fingerprint density at radius 3 is 2.89 bits per heavy atom. The van der Waals surface area contributed by atoms with Gasteiger partial charge in [-0.25, -0.2) is 14.6 Å². The molecule has 0 saturated carbocycles. The zero-order valence-electron chi connectivity index (χ0n) is 9.43. The van der Waals surface area contributed by atoms with Crippen LogP contribution in [0, 0.1) is 6.92 Å². The van der Waals surface area contributed by atoms with Crippen LogP contribution in [0.1, 0.15) is 5.56 Å². The van der Waals surface area contributed by atoms with Gasteiger partial charge in [-0.1, -0.05) is 27.5 Å². The van der Waals surface area contributed by atoms with Gasteiger partial charge in [0, 0.05) is 15.9 Å². The summed E-state index contributed by atoms with van der Waals surface area (Å²) in [6.45, 7) is 2.00. The van der Waals surface area contributed by atoms with E-state index in [1.807, 2.05) is 19.1 Å². The highest BCUT2D eigenvalue weighted by atomic mass is 79.9.